The van der Waals surface area contributed by atoms with Crippen LogP contribution in [-0.4, -0.2) is 31.6 Å². The summed E-state index contributed by atoms with van der Waals surface area (Å²) in [6.45, 7) is 8.64. The van der Waals surface area contributed by atoms with Gasteiger partial charge in [-0.2, -0.15) is 0 Å². The normalized spacial score (nSPS) is 13.3. The number of nitrogens with zero attached hydrogens (tertiary/aromatic N) is 1. The highest BCUT2D eigenvalue weighted by Gasteiger charge is 2.12. The van der Waals surface area contributed by atoms with Crippen molar-refractivity contribution in [3.05, 3.63) is 33.8 Å². The molecule has 2 nitrogen and oxygen atoms in total. The molecule has 1 aromatic carbocycles. The van der Waals surface area contributed by atoms with E-state index in [4.69, 9.17) is 0 Å². The Morgan fingerprint density at radius 2 is 1.95 bits per heavy atom. The van der Waals surface area contributed by atoms with Crippen LogP contribution in [0.4, 0.5) is 0 Å². The van der Waals surface area contributed by atoms with Gasteiger partial charge in [-0.3, -0.25) is 0 Å². The zero-order valence-electron chi connectivity index (χ0n) is 12.8. The van der Waals surface area contributed by atoms with E-state index in [0.29, 0.717) is 6.04 Å². The van der Waals surface area contributed by atoms with Crippen molar-refractivity contribution in [1.29, 1.82) is 0 Å². The Hall–Kier alpha value is -0.380. The molecule has 0 aliphatic heterocycles. The lowest BCUT2D eigenvalue weighted by Crippen LogP contribution is -2.38. The molecule has 1 N–H and O–H groups in total. The molecular formula is C16H27BrN2. The van der Waals surface area contributed by atoms with Crippen LogP contribution in [0, 0.1) is 12.8 Å². The van der Waals surface area contributed by atoms with Crippen LogP contribution in [0.15, 0.2) is 22.7 Å². The number of likely N-dealkylation sites (N-methyl/N-ethyl adjacent to an activating group) is 1. The minimum absolute atomic E-state index is 0.601. The Bertz CT molecular complexity index is 388. The fourth-order valence-corrected chi connectivity index (χ4v) is 2.82. The van der Waals surface area contributed by atoms with Gasteiger partial charge in [0.1, 0.15) is 0 Å². The van der Waals surface area contributed by atoms with Crippen LogP contribution in [0.25, 0.3) is 0 Å². The van der Waals surface area contributed by atoms with Crippen LogP contribution in [0.1, 0.15) is 31.4 Å². The SMILES string of the molecule is Cc1ccc(CNCC(CC(C)C)N(C)C)c(Br)c1. The molecule has 0 aliphatic rings. The number of hydrogen-bond donors (Lipinski definition) is 1. The summed E-state index contributed by atoms with van der Waals surface area (Å²) in [4.78, 5) is 2.32. The number of aryl methyl sites for hydroxylation is 1. The zero-order valence-corrected chi connectivity index (χ0v) is 14.4. The van der Waals surface area contributed by atoms with Gasteiger partial charge in [0, 0.05) is 23.6 Å². The van der Waals surface area contributed by atoms with E-state index >= 15 is 0 Å². The van der Waals surface area contributed by atoms with Gasteiger partial charge in [-0.15, -0.1) is 0 Å². The molecule has 0 spiro atoms. The minimum Gasteiger partial charge on any atom is -0.311 e. The Labute approximate surface area is 126 Å². The van der Waals surface area contributed by atoms with Gasteiger partial charge in [0.15, 0.2) is 0 Å². The molecule has 0 aliphatic carbocycles. The number of rotatable bonds is 7. The van der Waals surface area contributed by atoms with Crippen LogP contribution in [0.2, 0.25) is 0 Å². The quantitative estimate of drug-likeness (QED) is 0.819. The summed E-state index contributed by atoms with van der Waals surface area (Å²) in [5.41, 5.74) is 2.62. The van der Waals surface area contributed by atoms with Gasteiger partial charge in [0.25, 0.3) is 0 Å². The summed E-state index contributed by atoms with van der Waals surface area (Å²) in [6.07, 6.45) is 1.23. The lowest BCUT2D eigenvalue weighted by molar-refractivity contribution is 0.246. The smallest absolute Gasteiger partial charge is 0.0222 e. The first-order valence-corrected chi connectivity index (χ1v) is 7.81. The van der Waals surface area contributed by atoms with Crippen molar-refractivity contribution in [2.45, 2.75) is 39.8 Å². The second-order valence-corrected chi connectivity index (χ2v) is 6.83. The van der Waals surface area contributed by atoms with Crippen molar-refractivity contribution >= 4 is 15.9 Å². The minimum atomic E-state index is 0.601. The van der Waals surface area contributed by atoms with E-state index in [1.54, 1.807) is 0 Å². The Kier molecular flexibility index (Phi) is 7.05. The molecule has 108 valence electrons. The monoisotopic (exact) mass is 326 g/mol. The van der Waals surface area contributed by atoms with E-state index in [1.807, 2.05) is 0 Å². The highest BCUT2D eigenvalue weighted by Crippen LogP contribution is 2.18. The highest BCUT2D eigenvalue weighted by atomic mass is 79.9. The zero-order chi connectivity index (χ0) is 14.4. The molecular weight excluding hydrogens is 300 g/mol. The molecule has 19 heavy (non-hydrogen) atoms. The molecule has 1 unspecified atom stereocenters. The molecule has 0 amide bonds. The second-order valence-electron chi connectivity index (χ2n) is 5.97. The fourth-order valence-electron chi connectivity index (χ4n) is 2.19. The molecule has 1 atom stereocenters. The van der Waals surface area contributed by atoms with Gasteiger partial charge in [0.2, 0.25) is 0 Å². The van der Waals surface area contributed by atoms with E-state index in [1.165, 1.54) is 22.0 Å². The number of halogens is 1. The van der Waals surface area contributed by atoms with E-state index in [9.17, 15) is 0 Å². The molecule has 0 heterocycles. The summed E-state index contributed by atoms with van der Waals surface area (Å²) in [7, 11) is 4.33. The first-order chi connectivity index (χ1) is 8.90. The van der Waals surface area contributed by atoms with Crippen molar-refractivity contribution in [3.63, 3.8) is 0 Å². The van der Waals surface area contributed by atoms with E-state index < -0.39 is 0 Å². The fraction of sp³-hybridized carbons (Fsp3) is 0.625. The predicted molar refractivity (Wildman–Crippen MR) is 87.5 cm³/mol. The maximum Gasteiger partial charge on any atom is 0.0222 e. The molecule has 3 heteroatoms. The third kappa shape index (κ3) is 6.07. The van der Waals surface area contributed by atoms with Crippen molar-refractivity contribution < 1.29 is 0 Å². The van der Waals surface area contributed by atoms with Gasteiger partial charge in [-0.05, 0) is 50.6 Å². The topological polar surface area (TPSA) is 15.3 Å². The molecule has 1 rings (SSSR count). The largest absolute Gasteiger partial charge is 0.311 e. The van der Waals surface area contributed by atoms with Crippen LogP contribution >= 0.6 is 15.9 Å². The summed E-state index contributed by atoms with van der Waals surface area (Å²) in [5.74, 6) is 0.736. The maximum atomic E-state index is 3.63. The van der Waals surface area contributed by atoms with E-state index in [0.717, 1.165) is 19.0 Å². The molecule has 0 radical (unpaired) electrons. The van der Waals surface area contributed by atoms with Gasteiger partial charge in [-0.1, -0.05) is 41.9 Å². The standard InChI is InChI=1S/C16H27BrN2/c1-12(2)8-15(19(4)5)11-18-10-14-7-6-13(3)9-16(14)17/h6-7,9,12,15,18H,8,10-11H2,1-5H3. The Balaban J connectivity index is 2.47. The van der Waals surface area contributed by atoms with E-state index in [-0.39, 0.29) is 0 Å². The van der Waals surface area contributed by atoms with Crippen molar-refractivity contribution in [1.82, 2.24) is 10.2 Å². The Morgan fingerprint density at radius 1 is 1.26 bits per heavy atom. The first kappa shape index (κ1) is 16.7. The molecule has 0 bridgehead atoms. The van der Waals surface area contributed by atoms with Crippen LogP contribution in [0.3, 0.4) is 0 Å². The first-order valence-electron chi connectivity index (χ1n) is 7.02. The summed E-state index contributed by atoms with van der Waals surface area (Å²) < 4.78 is 1.20. The third-order valence-electron chi connectivity index (χ3n) is 3.38. The van der Waals surface area contributed by atoms with Crippen LogP contribution in [-0.2, 0) is 6.54 Å². The molecule has 1 aromatic rings. The average molecular weight is 327 g/mol. The Morgan fingerprint density at radius 3 is 2.47 bits per heavy atom. The number of nitrogens with one attached hydrogen (secondary N) is 1. The summed E-state index contributed by atoms with van der Waals surface area (Å²) in [6, 6.07) is 7.14. The molecule has 0 fully saturated rings. The van der Waals surface area contributed by atoms with Gasteiger partial charge in [0.05, 0.1) is 0 Å². The van der Waals surface area contributed by atoms with Crippen molar-refractivity contribution in [2.24, 2.45) is 5.92 Å². The van der Waals surface area contributed by atoms with Gasteiger partial charge < -0.3 is 10.2 Å². The maximum absolute atomic E-state index is 3.63. The lowest BCUT2D eigenvalue weighted by Gasteiger charge is -2.26. The summed E-state index contributed by atoms with van der Waals surface area (Å²) >= 11 is 3.63. The van der Waals surface area contributed by atoms with Gasteiger partial charge in [-0.25, -0.2) is 0 Å². The average Bonchev–Trinajstić information content (AvgIpc) is 2.29. The molecule has 0 saturated heterocycles. The lowest BCUT2D eigenvalue weighted by atomic mass is 10.0. The summed E-state index contributed by atoms with van der Waals surface area (Å²) in [5, 5.41) is 3.58. The predicted octanol–water partition coefficient (Wildman–Crippen LogP) is 3.82. The molecule has 0 saturated carbocycles. The van der Waals surface area contributed by atoms with Gasteiger partial charge >= 0.3 is 0 Å². The van der Waals surface area contributed by atoms with Crippen LogP contribution in [0.5, 0.6) is 0 Å². The second kappa shape index (κ2) is 8.03. The highest BCUT2D eigenvalue weighted by molar-refractivity contribution is 9.10. The van der Waals surface area contributed by atoms with Crippen molar-refractivity contribution in [3.8, 4) is 0 Å². The van der Waals surface area contributed by atoms with E-state index in [2.05, 4.69) is 79.2 Å². The number of benzene rings is 1. The number of hydrogen-bond acceptors (Lipinski definition) is 2. The molecule has 0 aromatic heterocycles. The third-order valence-corrected chi connectivity index (χ3v) is 4.12. The van der Waals surface area contributed by atoms with Crippen molar-refractivity contribution in [2.75, 3.05) is 20.6 Å². The van der Waals surface area contributed by atoms with Crippen LogP contribution < -0.4 is 5.32 Å².